The zero-order chi connectivity index (χ0) is 15.8. The minimum Gasteiger partial charge on any atom is -0.316 e. The Bertz CT molecular complexity index is 641. The molecule has 1 aliphatic rings. The second-order valence-corrected chi connectivity index (χ2v) is 8.47. The molecule has 1 fully saturated rings. The predicted molar refractivity (Wildman–Crippen MR) is 86.4 cm³/mol. The van der Waals surface area contributed by atoms with Crippen LogP contribution in [0.3, 0.4) is 0 Å². The van der Waals surface area contributed by atoms with Crippen LogP contribution in [0.4, 0.5) is 0 Å². The zero-order valence-corrected chi connectivity index (χ0v) is 14.7. The van der Waals surface area contributed by atoms with E-state index < -0.39 is 15.6 Å². The zero-order valence-electron chi connectivity index (χ0n) is 12.3. The molecule has 2 rings (SSSR count). The van der Waals surface area contributed by atoms with Crippen LogP contribution in [0, 0.1) is 5.92 Å². The van der Waals surface area contributed by atoms with Gasteiger partial charge in [0.15, 0.2) is 0 Å². The van der Waals surface area contributed by atoms with Gasteiger partial charge in [-0.3, -0.25) is 0 Å². The van der Waals surface area contributed by atoms with Crippen molar-refractivity contribution >= 4 is 33.2 Å². The average Bonchev–Trinajstić information content (AvgIpc) is 3.16. The number of benzene rings is 1. The predicted octanol–water partition coefficient (Wildman–Crippen LogP) is 3.18. The third kappa shape index (κ3) is 3.90. The monoisotopic (exact) mass is 350 g/mol. The van der Waals surface area contributed by atoms with Crippen LogP contribution in [-0.2, 0) is 16.6 Å². The van der Waals surface area contributed by atoms with Gasteiger partial charge in [0.2, 0.25) is 10.0 Å². The van der Waals surface area contributed by atoms with E-state index in [-0.39, 0.29) is 9.92 Å². The van der Waals surface area contributed by atoms with Crippen LogP contribution >= 0.6 is 23.2 Å². The smallest absolute Gasteiger partial charge is 0.242 e. The first-order chi connectivity index (χ1) is 9.67. The molecule has 1 aliphatic carbocycles. The highest BCUT2D eigenvalue weighted by molar-refractivity contribution is 7.89. The number of hydrogen-bond donors (Lipinski definition) is 2. The fourth-order valence-electron chi connectivity index (χ4n) is 2.42. The maximum Gasteiger partial charge on any atom is 0.242 e. The van der Waals surface area contributed by atoms with E-state index in [1.165, 1.54) is 6.07 Å². The lowest BCUT2D eigenvalue weighted by Gasteiger charge is -2.26. The first kappa shape index (κ1) is 17.0. The molecule has 0 unspecified atom stereocenters. The van der Waals surface area contributed by atoms with Crippen molar-refractivity contribution in [3.05, 3.63) is 27.7 Å². The molecule has 2 N–H and O–H groups in total. The SMILES string of the molecule is CNCc1cc(Cl)cc(S(=O)(=O)NC(C)(C)C2CC2)c1Cl. The Morgan fingerprint density at radius 2 is 1.90 bits per heavy atom. The van der Waals surface area contributed by atoms with Crippen LogP contribution in [0.15, 0.2) is 17.0 Å². The van der Waals surface area contributed by atoms with E-state index >= 15 is 0 Å². The Kier molecular flexibility index (Phi) is 4.90. The second kappa shape index (κ2) is 6.05. The lowest BCUT2D eigenvalue weighted by Crippen LogP contribution is -2.45. The molecular weight excluding hydrogens is 331 g/mol. The van der Waals surface area contributed by atoms with Crippen LogP contribution in [-0.4, -0.2) is 21.0 Å². The lowest BCUT2D eigenvalue weighted by atomic mass is 10.0. The third-order valence-corrected chi connectivity index (χ3v) is 6.20. The van der Waals surface area contributed by atoms with Crippen LogP contribution in [0.2, 0.25) is 10.0 Å². The van der Waals surface area contributed by atoms with Crippen molar-refractivity contribution in [1.29, 1.82) is 0 Å². The molecule has 0 amide bonds. The molecule has 0 atom stereocenters. The highest BCUT2D eigenvalue weighted by Crippen LogP contribution is 2.40. The molecule has 0 bridgehead atoms. The lowest BCUT2D eigenvalue weighted by molar-refractivity contribution is 0.400. The van der Waals surface area contributed by atoms with Crippen molar-refractivity contribution in [3.8, 4) is 0 Å². The van der Waals surface area contributed by atoms with E-state index in [1.807, 2.05) is 13.8 Å². The van der Waals surface area contributed by atoms with Gasteiger partial charge < -0.3 is 5.32 Å². The van der Waals surface area contributed by atoms with E-state index in [0.717, 1.165) is 12.8 Å². The van der Waals surface area contributed by atoms with E-state index in [4.69, 9.17) is 23.2 Å². The van der Waals surface area contributed by atoms with Gasteiger partial charge in [0, 0.05) is 17.1 Å². The Morgan fingerprint density at radius 3 is 2.43 bits per heavy atom. The van der Waals surface area contributed by atoms with Gasteiger partial charge in [0.05, 0.1) is 5.02 Å². The van der Waals surface area contributed by atoms with E-state index in [0.29, 0.717) is 23.0 Å². The maximum absolute atomic E-state index is 12.6. The summed E-state index contributed by atoms with van der Waals surface area (Å²) in [5.74, 6) is 0.377. The second-order valence-electron chi connectivity index (χ2n) is 6.01. The Balaban J connectivity index is 2.39. The summed E-state index contributed by atoms with van der Waals surface area (Å²) in [6.07, 6.45) is 2.09. The van der Waals surface area contributed by atoms with E-state index in [2.05, 4.69) is 10.0 Å². The summed E-state index contributed by atoms with van der Waals surface area (Å²) in [7, 11) is -1.95. The first-order valence-corrected chi connectivity index (χ1v) is 9.08. The number of rotatable bonds is 6. The summed E-state index contributed by atoms with van der Waals surface area (Å²) >= 11 is 12.3. The summed E-state index contributed by atoms with van der Waals surface area (Å²) in [5, 5.41) is 3.52. The summed E-state index contributed by atoms with van der Waals surface area (Å²) < 4.78 is 28.0. The van der Waals surface area contributed by atoms with Crippen LogP contribution < -0.4 is 10.0 Å². The largest absolute Gasteiger partial charge is 0.316 e. The van der Waals surface area contributed by atoms with Gasteiger partial charge in [-0.15, -0.1) is 0 Å². The number of halogens is 2. The number of nitrogens with one attached hydrogen (secondary N) is 2. The summed E-state index contributed by atoms with van der Waals surface area (Å²) in [4.78, 5) is 0.0376. The molecule has 0 saturated heterocycles. The third-order valence-electron chi connectivity index (χ3n) is 3.73. The highest BCUT2D eigenvalue weighted by atomic mass is 35.5. The van der Waals surface area contributed by atoms with Crippen molar-refractivity contribution in [2.45, 2.75) is 43.7 Å². The maximum atomic E-state index is 12.6. The van der Waals surface area contributed by atoms with Crippen molar-refractivity contribution in [1.82, 2.24) is 10.0 Å². The first-order valence-electron chi connectivity index (χ1n) is 6.84. The van der Waals surface area contributed by atoms with Gasteiger partial charge in [-0.2, -0.15) is 0 Å². The highest BCUT2D eigenvalue weighted by Gasteiger charge is 2.41. The van der Waals surface area contributed by atoms with Crippen molar-refractivity contribution < 1.29 is 8.42 Å². The van der Waals surface area contributed by atoms with Gasteiger partial charge in [0.1, 0.15) is 4.90 Å². The fourth-order valence-corrected chi connectivity index (χ4v) is 4.83. The quantitative estimate of drug-likeness (QED) is 0.828. The molecular formula is C14H20Cl2N2O2S. The van der Waals surface area contributed by atoms with Gasteiger partial charge in [0.25, 0.3) is 0 Å². The topological polar surface area (TPSA) is 58.2 Å². The molecule has 1 aromatic carbocycles. The summed E-state index contributed by atoms with van der Waals surface area (Å²) in [6, 6.07) is 3.07. The Hall–Kier alpha value is -0.330. The molecule has 0 aliphatic heterocycles. The van der Waals surface area contributed by atoms with Crippen LogP contribution in [0.5, 0.6) is 0 Å². The van der Waals surface area contributed by atoms with E-state index in [1.54, 1.807) is 13.1 Å². The van der Waals surface area contributed by atoms with Crippen LogP contribution in [0.25, 0.3) is 0 Å². The molecule has 0 heterocycles. The molecule has 1 aromatic rings. The molecule has 0 aromatic heterocycles. The normalized spacial score (nSPS) is 16.2. The fraction of sp³-hybridized carbons (Fsp3) is 0.571. The molecule has 21 heavy (non-hydrogen) atoms. The minimum absolute atomic E-state index is 0.0376. The summed E-state index contributed by atoms with van der Waals surface area (Å²) in [5.41, 5.74) is 0.185. The van der Waals surface area contributed by atoms with Crippen LogP contribution in [0.1, 0.15) is 32.3 Å². The van der Waals surface area contributed by atoms with Crippen molar-refractivity contribution in [3.63, 3.8) is 0 Å². The van der Waals surface area contributed by atoms with Gasteiger partial charge in [-0.25, -0.2) is 13.1 Å². The Labute approximate surface area is 136 Å². The molecule has 1 saturated carbocycles. The molecule has 7 heteroatoms. The van der Waals surface area contributed by atoms with Crippen molar-refractivity contribution in [2.75, 3.05) is 7.05 Å². The number of hydrogen-bond acceptors (Lipinski definition) is 3. The Morgan fingerprint density at radius 1 is 1.29 bits per heavy atom. The molecule has 0 spiro atoms. The van der Waals surface area contributed by atoms with Gasteiger partial charge in [-0.1, -0.05) is 23.2 Å². The standard InChI is InChI=1S/C14H20Cl2N2O2S/c1-14(2,10-4-5-10)18-21(19,20)12-7-11(15)6-9(8-17-3)13(12)16/h6-7,10,17-18H,4-5,8H2,1-3H3. The minimum atomic E-state index is -3.71. The van der Waals surface area contributed by atoms with Gasteiger partial charge in [-0.05, 0) is 57.4 Å². The summed E-state index contributed by atoms with van der Waals surface area (Å²) in [6.45, 7) is 4.25. The number of sulfonamides is 1. The van der Waals surface area contributed by atoms with Gasteiger partial charge >= 0.3 is 0 Å². The van der Waals surface area contributed by atoms with Crippen molar-refractivity contribution in [2.24, 2.45) is 5.92 Å². The van der Waals surface area contributed by atoms with E-state index in [9.17, 15) is 8.42 Å². The average molecular weight is 351 g/mol. The molecule has 118 valence electrons. The molecule has 0 radical (unpaired) electrons. The molecule has 4 nitrogen and oxygen atoms in total.